The van der Waals surface area contributed by atoms with Crippen molar-refractivity contribution in [2.24, 2.45) is 0 Å². The number of carbonyl (C=O) groups excluding carboxylic acids is 1. The molecule has 1 saturated heterocycles. The van der Waals surface area contributed by atoms with Crippen LogP contribution in [0.3, 0.4) is 0 Å². The minimum atomic E-state index is -0.487. The average molecular weight is 397 g/mol. The number of hydrogen-bond donors (Lipinski definition) is 0. The second-order valence-corrected chi connectivity index (χ2v) is 7.78. The predicted molar refractivity (Wildman–Crippen MR) is 110 cm³/mol. The molecule has 3 heterocycles. The van der Waals surface area contributed by atoms with E-state index in [1.807, 2.05) is 29.4 Å². The van der Waals surface area contributed by atoms with Crippen LogP contribution in [0.15, 0.2) is 45.9 Å². The molecule has 1 amide bonds. The highest BCUT2D eigenvalue weighted by Crippen LogP contribution is 2.14. The molecule has 0 radical (unpaired) electrons. The van der Waals surface area contributed by atoms with Gasteiger partial charge >= 0.3 is 5.76 Å². The smallest absolute Gasteiger partial charge is 0.408 e. The summed E-state index contributed by atoms with van der Waals surface area (Å²) in [6.45, 7) is 9.16. The number of aromatic nitrogens is 3. The Morgan fingerprint density at radius 2 is 1.90 bits per heavy atom. The average Bonchev–Trinajstić information content (AvgIpc) is 3.31. The molecule has 8 nitrogen and oxygen atoms in total. The Morgan fingerprint density at radius 1 is 1.14 bits per heavy atom. The van der Waals surface area contributed by atoms with Gasteiger partial charge in [0.25, 0.3) is 0 Å². The van der Waals surface area contributed by atoms with E-state index in [0.29, 0.717) is 30.1 Å². The highest BCUT2D eigenvalue weighted by molar-refractivity contribution is 5.79. The summed E-state index contributed by atoms with van der Waals surface area (Å²) in [6.07, 6.45) is 3.88. The van der Waals surface area contributed by atoms with Crippen molar-refractivity contribution in [3.8, 4) is 0 Å². The van der Waals surface area contributed by atoms with Gasteiger partial charge < -0.3 is 13.9 Å². The zero-order chi connectivity index (χ0) is 20.4. The molecule has 4 rings (SSSR count). The number of nitrogens with zero attached hydrogens (tertiary/aromatic N) is 5. The lowest BCUT2D eigenvalue weighted by atomic mass is 10.2. The van der Waals surface area contributed by atoms with E-state index in [-0.39, 0.29) is 12.5 Å². The van der Waals surface area contributed by atoms with Crippen LogP contribution in [-0.4, -0.2) is 62.5 Å². The molecule has 1 aliphatic rings. The van der Waals surface area contributed by atoms with Crippen molar-refractivity contribution in [3.63, 3.8) is 0 Å². The lowest BCUT2D eigenvalue weighted by Crippen LogP contribution is -2.50. The predicted octanol–water partition coefficient (Wildman–Crippen LogP) is 1.76. The number of benzene rings is 1. The summed E-state index contributed by atoms with van der Waals surface area (Å²) < 4.78 is 8.84. The van der Waals surface area contributed by atoms with Gasteiger partial charge in [-0.15, -0.1) is 0 Å². The van der Waals surface area contributed by atoms with E-state index in [0.717, 1.165) is 32.0 Å². The van der Waals surface area contributed by atoms with Gasteiger partial charge in [-0.05, 0) is 12.1 Å². The van der Waals surface area contributed by atoms with Gasteiger partial charge in [-0.3, -0.25) is 14.3 Å². The standard InChI is InChI=1S/C21H27N5O3/c1-16(2)20-22-7-8-25(20)14-11-23-9-12-24(13-10-23)19(27)15-26-17-5-3-4-6-18(17)29-21(26)28/h3-8,16H,9-15H2,1-2H3. The van der Waals surface area contributed by atoms with Crippen LogP contribution < -0.4 is 5.76 Å². The first-order valence-corrected chi connectivity index (χ1v) is 10.1. The zero-order valence-electron chi connectivity index (χ0n) is 17.0. The molecule has 0 aliphatic carbocycles. The molecule has 0 bridgehead atoms. The molecule has 1 aromatic carbocycles. The molecule has 0 N–H and O–H groups in total. The van der Waals surface area contributed by atoms with Crippen molar-refractivity contribution in [2.45, 2.75) is 32.9 Å². The third-order valence-electron chi connectivity index (χ3n) is 5.51. The molecule has 29 heavy (non-hydrogen) atoms. The second kappa shape index (κ2) is 8.24. The Balaban J connectivity index is 1.31. The Hall–Kier alpha value is -2.87. The van der Waals surface area contributed by atoms with Crippen LogP contribution in [0, 0.1) is 0 Å². The van der Waals surface area contributed by atoms with Crippen LogP contribution >= 0.6 is 0 Å². The number of carbonyl (C=O) groups is 1. The van der Waals surface area contributed by atoms with Crippen molar-refractivity contribution in [1.82, 2.24) is 23.9 Å². The van der Waals surface area contributed by atoms with Crippen molar-refractivity contribution in [1.29, 1.82) is 0 Å². The Morgan fingerprint density at radius 3 is 2.66 bits per heavy atom. The van der Waals surface area contributed by atoms with Gasteiger partial charge in [0.2, 0.25) is 5.91 Å². The molecule has 2 aromatic heterocycles. The van der Waals surface area contributed by atoms with Gasteiger partial charge in [0.05, 0.1) is 5.52 Å². The number of rotatable bonds is 6. The van der Waals surface area contributed by atoms with E-state index in [1.165, 1.54) is 4.57 Å². The van der Waals surface area contributed by atoms with Crippen molar-refractivity contribution in [3.05, 3.63) is 53.0 Å². The second-order valence-electron chi connectivity index (χ2n) is 7.78. The number of amides is 1. The quantitative estimate of drug-likeness (QED) is 0.634. The molecule has 8 heteroatoms. The molecule has 0 atom stereocenters. The van der Waals surface area contributed by atoms with Crippen LogP contribution in [0.1, 0.15) is 25.6 Å². The van der Waals surface area contributed by atoms with Crippen molar-refractivity contribution < 1.29 is 9.21 Å². The van der Waals surface area contributed by atoms with Gasteiger partial charge in [-0.2, -0.15) is 0 Å². The molecular formula is C21H27N5O3. The third kappa shape index (κ3) is 4.12. The number of hydrogen-bond acceptors (Lipinski definition) is 5. The number of imidazole rings is 1. The number of fused-ring (bicyclic) bond motifs is 1. The Labute approximate surface area is 169 Å². The first-order valence-electron chi connectivity index (χ1n) is 10.1. The largest absolute Gasteiger partial charge is 0.420 e. The lowest BCUT2D eigenvalue weighted by Gasteiger charge is -2.35. The minimum Gasteiger partial charge on any atom is -0.408 e. The van der Waals surface area contributed by atoms with E-state index in [9.17, 15) is 9.59 Å². The summed E-state index contributed by atoms with van der Waals surface area (Å²) in [5, 5.41) is 0. The van der Waals surface area contributed by atoms with E-state index < -0.39 is 5.76 Å². The van der Waals surface area contributed by atoms with Gasteiger partial charge in [0.1, 0.15) is 12.4 Å². The first-order chi connectivity index (χ1) is 14.0. The zero-order valence-corrected chi connectivity index (χ0v) is 17.0. The van der Waals surface area contributed by atoms with Crippen LogP contribution in [0.2, 0.25) is 0 Å². The summed E-state index contributed by atoms with van der Waals surface area (Å²) in [7, 11) is 0. The maximum absolute atomic E-state index is 12.7. The SMILES string of the molecule is CC(C)c1nccn1CCN1CCN(C(=O)Cn2c(=O)oc3ccccc32)CC1. The molecule has 0 spiro atoms. The molecular weight excluding hydrogens is 370 g/mol. The van der Waals surface area contributed by atoms with E-state index >= 15 is 0 Å². The van der Waals surface area contributed by atoms with E-state index in [1.54, 1.807) is 12.1 Å². The Bertz CT molecular complexity index is 1040. The highest BCUT2D eigenvalue weighted by Gasteiger charge is 2.23. The molecule has 1 fully saturated rings. The molecule has 0 saturated carbocycles. The fourth-order valence-corrected chi connectivity index (χ4v) is 3.88. The Kier molecular flexibility index (Phi) is 5.53. The maximum atomic E-state index is 12.7. The summed E-state index contributed by atoms with van der Waals surface area (Å²) in [6, 6.07) is 7.18. The fourth-order valence-electron chi connectivity index (χ4n) is 3.88. The number of para-hydroxylation sites is 2. The minimum absolute atomic E-state index is 0.0165. The summed E-state index contributed by atoms with van der Waals surface area (Å²) >= 11 is 0. The summed E-state index contributed by atoms with van der Waals surface area (Å²) in [5.41, 5.74) is 1.17. The molecule has 0 unspecified atom stereocenters. The van der Waals surface area contributed by atoms with E-state index in [2.05, 4.69) is 28.3 Å². The third-order valence-corrected chi connectivity index (χ3v) is 5.51. The monoisotopic (exact) mass is 397 g/mol. The maximum Gasteiger partial charge on any atom is 0.420 e. The fraction of sp³-hybridized carbons (Fsp3) is 0.476. The summed E-state index contributed by atoms with van der Waals surface area (Å²) in [5.74, 6) is 0.980. The van der Waals surface area contributed by atoms with Crippen molar-refractivity contribution >= 4 is 17.0 Å². The van der Waals surface area contributed by atoms with Crippen LogP contribution in [-0.2, 0) is 17.9 Å². The van der Waals surface area contributed by atoms with Gasteiger partial charge in [-0.1, -0.05) is 26.0 Å². The first kappa shape index (κ1) is 19.4. The molecule has 3 aromatic rings. The topological polar surface area (TPSA) is 76.5 Å². The van der Waals surface area contributed by atoms with Gasteiger partial charge in [0.15, 0.2) is 5.58 Å². The summed E-state index contributed by atoms with van der Waals surface area (Å²) in [4.78, 5) is 33.5. The van der Waals surface area contributed by atoms with Gasteiger partial charge in [-0.25, -0.2) is 9.78 Å². The van der Waals surface area contributed by atoms with Crippen LogP contribution in [0.25, 0.3) is 11.1 Å². The van der Waals surface area contributed by atoms with Crippen LogP contribution in [0.5, 0.6) is 0 Å². The molecule has 154 valence electrons. The van der Waals surface area contributed by atoms with E-state index in [4.69, 9.17) is 4.42 Å². The number of piperazine rings is 1. The number of oxazole rings is 1. The lowest BCUT2D eigenvalue weighted by molar-refractivity contribution is -0.133. The molecule has 1 aliphatic heterocycles. The highest BCUT2D eigenvalue weighted by atomic mass is 16.4. The van der Waals surface area contributed by atoms with Crippen LogP contribution in [0.4, 0.5) is 0 Å². The normalized spacial score (nSPS) is 15.5. The van der Waals surface area contributed by atoms with Gasteiger partial charge in [0, 0.05) is 57.6 Å². The van der Waals surface area contributed by atoms with Crippen molar-refractivity contribution in [2.75, 3.05) is 32.7 Å².